The van der Waals surface area contributed by atoms with Gasteiger partial charge in [-0.2, -0.15) is 0 Å². The maximum atomic E-state index is 13.0. The van der Waals surface area contributed by atoms with Crippen LogP contribution in [0.15, 0.2) is 48.5 Å². The molecular formula is C21H22BrNO3. The Hall–Kier alpha value is -1.98. The molecule has 1 aliphatic heterocycles. The second-order valence-corrected chi connectivity index (χ2v) is 7.41. The zero-order chi connectivity index (χ0) is 18.5. The number of hydrogen-bond acceptors (Lipinski definition) is 4. The molecule has 1 unspecified atom stereocenters. The predicted octanol–water partition coefficient (Wildman–Crippen LogP) is 4.17. The van der Waals surface area contributed by atoms with Crippen LogP contribution in [-0.2, 0) is 0 Å². The summed E-state index contributed by atoms with van der Waals surface area (Å²) in [4.78, 5) is 27.1. The van der Waals surface area contributed by atoms with Crippen molar-refractivity contribution in [1.82, 2.24) is 4.90 Å². The first kappa shape index (κ1) is 18.8. The summed E-state index contributed by atoms with van der Waals surface area (Å²) < 4.78 is 5.62. The topological polar surface area (TPSA) is 46.6 Å². The Bertz CT molecular complexity index is 805. The van der Waals surface area contributed by atoms with Crippen molar-refractivity contribution in [2.75, 3.05) is 26.2 Å². The molecule has 1 saturated heterocycles. The normalized spacial score (nSPS) is 17.2. The Balaban J connectivity index is 1.74. The molecule has 0 aliphatic carbocycles. The van der Waals surface area contributed by atoms with E-state index in [2.05, 4.69) is 27.8 Å². The maximum Gasteiger partial charge on any atom is 0.228 e. The lowest BCUT2D eigenvalue weighted by atomic mass is 9.98. The molecule has 2 aromatic carbocycles. The fourth-order valence-electron chi connectivity index (χ4n) is 3.29. The molecular weight excluding hydrogens is 394 g/mol. The monoisotopic (exact) mass is 415 g/mol. The number of para-hydroxylation sites is 1. The molecule has 0 N–H and O–H groups in total. The molecule has 136 valence electrons. The van der Waals surface area contributed by atoms with Crippen molar-refractivity contribution in [1.29, 1.82) is 0 Å². The van der Waals surface area contributed by atoms with Gasteiger partial charge in [0.25, 0.3) is 0 Å². The van der Waals surface area contributed by atoms with Gasteiger partial charge in [0.2, 0.25) is 4.69 Å². The van der Waals surface area contributed by atoms with Gasteiger partial charge >= 0.3 is 0 Å². The van der Waals surface area contributed by atoms with Gasteiger partial charge in [-0.1, -0.05) is 37.3 Å². The molecule has 1 fully saturated rings. The van der Waals surface area contributed by atoms with Crippen molar-refractivity contribution in [2.24, 2.45) is 5.92 Å². The molecule has 0 radical (unpaired) electrons. The summed E-state index contributed by atoms with van der Waals surface area (Å²) in [5.74, 6) is 1.09. The van der Waals surface area contributed by atoms with Crippen LogP contribution in [0.5, 0.6) is 5.75 Å². The van der Waals surface area contributed by atoms with E-state index in [0.717, 1.165) is 25.6 Å². The number of ketones is 1. The number of carbonyl (C=O) groups is 2. The van der Waals surface area contributed by atoms with Crippen LogP contribution in [0, 0.1) is 5.92 Å². The third-order valence-electron chi connectivity index (χ3n) is 4.69. The first-order valence-electron chi connectivity index (χ1n) is 8.84. The van der Waals surface area contributed by atoms with Gasteiger partial charge in [0, 0.05) is 24.2 Å². The number of halogens is 1. The standard InChI is InChI=1S/C21H22BrNO3/c1-15-10-11-23(14-15)12-13-26-19-9-5-4-8-18(19)20(24)16-6-2-3-7-17(16)21(22)25/h2-9,15H,10-14H2,1H3. The summed E-state index contributed by atoms with van der Waals surface area (Å²) in [6, 6.07) is 14.0. The average molecular weight is 416 g/mol. The van der Waals surface area contributed by atoms with E-state index in [1.807, 2.05) is 6.07 Å². The highest BCUT2D eigenvalue weighted by atomic mass is 79.9. The number of hydrogen-bond donors (Lipinski definition) is 0. The van der Waals surface area contributed by atoms with Crippen molar-refractivity contribution in [2.45, 2.75) is 13.3 Å². The van der Waals surface area contributed by atoms with Crippen LogP contribution >= 0.6 is 15.9 Å². The second-order valence-electron chi connectivity index (χ2n) is 6.69. The maximum absolute atomic E-state index is 13.0. The molecule has 0 amide bonds. The molecule has 0 aromatic heterocycles. The quantitative estimate of drug-likeness (QED) is 0.502. The Labute approximate surface area is 162 Å². The highest BCUT2D eigenvalue weighted by Gasteiger charge is 2.21. The van der Waals surface area contributed by atoms with E-state index in [0.29, 0.717) is 29.0 Å². The Morgan fingerprint density at radius 3 is 2.38 bits per heavy atom. The molecule has 0 spiro atoms. The molecule has 0 saturated carbocycles. The first-order chi connectivity index (χ1) is 12.6. The summed E-state index contributed by atoms with van der Waals surface area (Å²) in [6.07, 6.45) is 1.23. The van der Waals surface area contributed by atoms with Crippen LogP contribution in [0.2, 0.25) is 0 Å². The van der Waals surface area contributed by atoms with E-state index in [1.54, 1.807) is 42.5 Å². The summed E-state index contributed by atoms with van der Waals surface area (Å²) >= 11 is 2.95. The zero-order valence-corrected chi connectivity index (χ0v) is 16.4. The lowest BCUT2D eigenvalue weighted by molar-refractivity contribution is 0.102. The smallest absolute Gasteiger partial charge is 0.228 e. The third kappa shape index (κ3) is 4.40. The highest BCUT2D eigenvalue weighted by Crippen LogP contribution is 2.24. The predicted molar refractivity (Wildman–Crippen MR) is 105 cm³/mol. The first-order valence-corrected chi connectivity index (χ1v) is 9.63. The minimum absolute atomic E-state index is 0.209. The van der Waals surface area contributed by atoms with Gasteiger partial charge < -0.3 is 4.74 Å². The summed E-state index contributed by atoms with van der Waals surface area (Å²) in [7, 11) is 0. The molecule has 1 aliphatic rings. The number of likely N-dealkylation sites (tertiary alicyclic amines) is 1. The minimum atomic E-state index is -0.303. The SMILES string of the molecule is CC1CCN(CCOc2ccccc2C(=O)c2ccccc2C(=O)Br)C1. The van der Waals surface area contributed by atoms with Crippen LogP contribution in [0.1, 0.15) is 39.6 Å². The van der Waals surface area contributed by atoms with E-state index in [9.17, 15) is 9.59 Å². The van der Waals surface area contributed by atoms with E-state index in [1.165, 1.54) is 6.42 Å². The van der Waals surface area contributed by atoms with Gasteiger partial charge in [-0.05, 0) is 53.0 Å². The Morgan fingerprint density at radius 2 is 1.73 bits per heavy atom. The van der Waals surface area contributed by atoms with E-state index in [-0.39, 0.29) is 10.5 Å². The molecule has 1 heterocycles. The number of rotatable bonds is 7. The van der Waals surface area contributed by atoms with Gasteiger partial charge in [-0.3, -0.25) is 14.5 Å². The molecule has 0 bridgehead atoms. The van der Waals surface area contributed by atoms with Gasteiger partial charge in [0.05, 0.1) is 5.56 Å². The second kappa shape index (κ2) is 8.60. The van der Waals surface area contributed by atoms with Crippen molar-refractivity contribution in [3.8, 4) is 5.75 Å². The van der Waals surface area contributed by atoms with Gasteiger partial charge in [0.1, 0.15) is 12.4 Å². The Kier molecular flexibility index (Phi) is 6.22. The van der Waals surface area contributed by atoms with E-state index >= 15 is 0 Å². The van der Waals surface area contributed by atoms with Crippen molar-refractivity contribution >= 4 is 26.4 Å². The highest BCUT2D eigenvalue weighted by molar-refractivity contribution is 9.18. The summed E-state index contributed by atoms with van der Waals surface area (Å²) in [6.45, 7) is 5.85. The molecule has 3 rings (SSSR count). The van der Waals surface area contributed by atoms with Gasteiger partial charge in [-0.25, -0.2) is 0 Å². The zero-order valence-electron chi connectivity index (χ0n) is 14.8. The molecule has 4 nitrogen and oxygen atoms in total. The van der Waals surface area contributed by atoms with Crippen molar-refractivity contribution in [3.05, 3.63) is 65.2 Å². The number of ether oxygens (including phenoxy) is 1. The van der Waals surface area contributed by atoms with Crippen LogP contribution in [0.4, 0.5) is 0 Å². The largest absolute Gasteiger partial charge is 0.491 e. The Morgan fingerprint density at radius 1 is 1.08 bits per heavy atom. The van der Waals surface area contributed by atoms with E-state index < -0.39 is 0 Å². The van der Waals surface area contributed by atoms with Gasteiger partial charge in [0.15, 0.2) is 5.78 Å². The van der Waals surface area contributed by atoms with Crippen LogP contribution in [-0.4, -0.2) is 41.6 Å². The van der Waals surface area contributed by atoms with Crippen molar-refractivity contribution in [3.63, 3.8) is 0 Å². The lowest BCUT2D eigenvalue weighted by Gasteiger charge is -2.17. The van der Waals surface area contributed by atoms with E-state index in [4.69, 9.17) is 4.74 Å². The fraction of sp³-hybridized carbons (Fsp3) is 0.333. The molecule has 2 aromatic rings. The number of carbonyl (C=O) groups excluding carboxylic acids is 2. The molecule has 5 heteroatoms. The van der Waals surface area contributed by atoms with Crippen LogP contribution < -0.4 is 4.74 Å². The fourth-order valence-corrected chi connectivity index (χ4v) is 3.64. The van der Waals surface area contributed by atoms with Crippen LogP contribution in [0.3, 0.4) is 0 Å². The third-order valence-corrected chi connectivity index (χ3v) is 5.12. The minimum Gasteiger partial charge on any atom is -0.491 e. The molecule has 26 heavy (non-hydrogen) atoms. The van der Waals surface area contributed by atoms with Crippen molar-refractivity contribution < 1.29 is 14.3 Å². The summed E-state index contributed by atoms with van der Waals surface area (Å²) in [5.41, 5.74) is 1.21. The van der Waals surface area contributed by atoms with Crippen LogP contribution in [0.25, 0.3) is 0 Å². The number of benzene rings is 2. The number of nitrogens with zero attached hydrogens (tertiary/aromatic N) is 1. The van der Waals surface area contributed by atoms with Gasteiger partial charge in [-0.15, -0.1) is 0 Å². The lowest BCUT2D eigenvalue weighted by Crippen LogP contribution is -2.26. The summed E-state index contributed by atoms with van der Waals surface area (Å²) in [5, 5.41) is 0. The molecule has 1 atom stereocenters. The average Bonchev–Trinajstić information content (AvgIpc) is 3.06.